The van der Waals surface area contributed by atoms with Gasteiger partial charge in [0, 0.05) is 11.4 Å². The average molecular weight is 247 g/mol. The highest BCUT2D eigenvalue weighted by Crippen LogP contribution is 2.33. The Bertz CT molecular complexity index is 394. The summed E-state index contributed by atoms with van der Waals surface area (Å²) in [6.07, 6.45) is -1.84. The number of hydrogen-bond donors (Lipinski definition) is 1. The van der Waals surface area contributed by atoms with Crippen molar-refractivity contribution in [2.45, 2.75) is 18.9 Å². The van der Waals surface area contributed by atoms with Crippen LogP contribution in [0.2, 0.25) is 0 Å². The number of fused-ring (bicyclic) bond motifs is 1. The largest absolute Gasteiger partial charge is 0.480 e. The Morgan fingerprint density at radius 3 is 3.06 bits per heavy atom. The van der Waals surface area contributed by atoms with E-state index in [1.54, 1.807) is 6.07 Å². The summed E-state index contributed by atoms with van der Waals surface area (Å²) in [7, 11) is 0. The molecule has 2 heterocycles. The lowest BCUT2D eigenvalue weighted by molar-refractivity contribution is -0.144. The molecule has 0 saturated carbocycles. The average Bonchev–Trinajstić information content (AvgIpc) is 2.63. The fourth-order valence-electron chi connectivity index (χ4n) is 2.03. The van der Waals surface area contributed by atoms with E-state index in [0.717, 1.165) is 4.88 Å². The molecule has 0 bridgehead atoms. The topological polar surface area (TPSA) is 40.5 Å². The number of carboxylic acid groups (broad SMARTS) is 1. The Labute approximate surface area is 95.3 Å². The van der Waals surface area contributed by atoms with Crippen LogP contribution in [0.5, 0.6) is 0 Å². The van der Waals surface area contributed by atoms with Crippen LogP contribution in [0.1, 0.15) is 16.5 Å². The van der Waals surface area contributed by atoms with Crippen LogP contribution < -0.4 is 0 Å². The summed E-state index contributed by atoms with van der Waals surface area (Å²) in [6, 6.07) is 0.806. The summed E-state index contributed by atoms with van der Waals surface area (Å²) in [5.41, 5.74) is 0.671. The summed E-state index contributed by atoms with van der Waals surface area (Å²) in [6.45, 7) is -0.0962. The van der Waals surface area contributed by atoms with Crippen molar-refractivity contribution in [3.05, 3.63) is 21.9 Å². The number of alkyl halides is 2. The fraction of sp³-hybridized carbons (Fsp3) is 0.500. The highest BCUT2D eigenvalue weighted by atomic mass is 32.1. The van der Waals surface area contributed by atoms with Crippen LogP contribution in [0.15, 0.2) is 11.4 Å². The van der Waals surface area contributed by atoms with Gasteiger partial charge in [-0.2, -0.15) is 0 Å². The number of carboxylic acids is 1. The summed E-state index contributed by atoms with van der Waals surface area (Å²) >= 11 is 1.49. The predicted octanol–water partition coefficient (Wildman–Crippen LogP) is 2.00. The van der Waals surface area contributed by atoms with Gasteiger partial charge in [0.05, 0.1) is 6.54 Å². The van der Waals surface area contributed by atoms with Crippen molar-refractivity contribution in [3.63, 3.8) is 0 Å². The van der Waals surface area contributed by atoms with Gasteiger partial charge in [0.1, 0.15) is 6.04 Å². The van der Waals surface area contributed by atoms with Gasteiger partial charge in [-0.25, -0.2) is 8.78 Å². The standard InChI is InChI=1S/C10H11F2NO2S/c11-8(12)5-13-3-1-7-6(2-4-16-7)9(13)10(14)15/h2,4,8-9H,1,3,5H2,(H,14,15). The van der Waals surface area contributed by atoms with E-state index in [1.165, 1.54) is 16.2 Å². The van der Waals surface area contributed by atoms with Gasteiger partial charge in [0.15, 0.2) is 0 Å². The number of hydrogen-bond acceptors (Lipinski definition) is 3. The molecule has 6 heteroatoms. The molecule has 1 aliphatic heterocycles. The molecule has 0 amide bonds. The maximum atomic E-state index is 12.3. The van der Waals surface area contributed by atoms with E-state index < -0.39 is 25.0 Å². The zero-order valence-electron chi connectivity index (χ0n) is 8.40. The van der Waals surface area contributed by atoms with Gasteiger partial charge >= 0.3 is 5.97 Å². The van der Waals surface area contributed by atoms with Crippen LogP contribution in [-0.4, -0.2) is 35.5 Å². The maximum absolute atomic E-state index is 12.3. The number of thiophene rings is 1. The molecular formula is C10H11F2NO2S. The molecule has 0 spiro atoms. The van der Waals surface area contributed by atoms with Crippen molar-refractivity contribution in [3.8, 4) is 0 Å². The molecule has 1 aliphatic rings. The summed E-state index contributed by atoms with van der Waals surface area (Å²) < 4.78 is 24.7. The highest BCUT2D eigenvalue weighted by molar-refractivity contribution is 7.10. The smallest absolute Gasteiger partial charge is 0.325 e. The van der Waals surface area contributed by atoms with E-state index in [2.05, 4.69) is 0 Å². The molecule has 3 nitrogen and oxygen atoms in total. The SMILES string of the molecule is O=C(O)C1c2ccsc2CCN1CC(F)F. The van der Waals surface area contributed by atoms with Crippen LogP contribution in [0.3, 0.4) is 0 Å². The van der Waals surface area contributed by atoms with Crippen LogP contribution in [0.4, 0.5) is 8.78 Å². The third-order valence-corrected chi connectivity index (χ3v) is 3.67. The third kappa shape index (κ3) is 2.08. The van der Waals surface area contributed by atoms with Crippen LogP contribution in [-0.2, 0) is 11.2 Å². The molecular weight excluding hydrogens is 236 g/mol. The van der Waals surface area contributed by atoms with Crippen molar-refractivity contribution in [2.75, 3.05) is 13.1 Å². The monoisotopic (exact) mass is 247 g/mol. The van der Waals surface area contributed by atoms with E-state index in [1.807, 2.05) is 5.38 Å². The zero-order chi connectivity index (χ0) is 11.7. The molecule has 1 aromatic heterocycles. The Kier molecular flexibility index (Phi) is 3.20. The minimum atomic E-state index is -2.50. The van der Waals surface area contributed by atoms with Crippen molar-refractivity contribution in [2.24, 2.45) is 0 Å². The van der Waals surface area contributed by atoms with Gasteiger partial charge in [-0.1, -0.05) is 0 Å². The van der Waals surface area contributed by atoms with Gasteiger partial charge in [-0.05, 0) is 23.4 Å². The summed E-state index contributed by atoms with van der Waals surface area (Å²) in [4.78, 5) is 13.5. The number of rotatable bonds is 3. The Hall–Kier alpha value is -1.01. The minimum absolute atomic E-state index is 0.384. The van der Waals surface area contributed by atoms with E-state index in [0.29, 0.717) is 18.5 Å². The van der Waals surface area contributed by atoms with Gasteiger partial charge in [-0.3, -0.25) is 9.69 Å². The van der Waals surface area contributed by atoms with Crippen molar-refractivity contribution >= 4 is 17.3 Å². The highest BCUT2D eigenvalue weighted by Gasteiger charge is 2.34. The van der Waals surface area contributed by atoms with Crippen molar-refractivity contribution in [1.29, 1.82) is 0 Å². The van der Waals surface area contributed by atoms with E-state index in [-0.39, 0.29) is 0 Å². The summed E-state index contributed by atoms with van der Waals surface area (Å²) in [5, 5.41) is 10.9. The lowest BCUT2D eigenvalue weighted by Crippen LogP contribution is -2.41. The van der Waals surface area contributed by atoms with Gasteiger partial charge < -0.3 is 5.11 Å². The molecule has 1 unspecified atom stereocenters. The lowest BCUT2D eigenvalue weighted by Gasteiger charge is -2.32. The second kappa shape index (κ2) is 4.47. The molecule has 1 atom stereocenters. The molecule has 0 fully saturated rings. The van der Waals surface area contributed by atoms with Gasteiger partial charge in [0.25, 0.3) is 6.43 Å². The first-order chi connectivity index (χ1) is 7.59. The second-order valence-electron chi connectivity index (χ2n) is 3.68. The van der Waals surface area contributed by atoms with Crippen LogP contribution in [0, 0.1) is 0 Å². The summed E-state index contributed by atoms with van der Waals surface area (Å²) in [5.74, 6) is -1.06. The molecule has 0 radical (unpaired) electrons. The van der Waals surface area contributed by atoms with Gasteiger partial charge in [-0.15, -0.1) is 11.3 Å². The van der Waals surface area contributed by atoms with Crippen LogP contribution >= 0.6 is 11.3 Å². The molecule has 0 aliphatic carbocycles. The zero-order valence-corrected chi connectivity index (χ0v) is 9.21. The normalized spacial score (nSPS) is 21.1. The molecule has 88 valence electrons. The fourth-order valence-corrected chi connectivity index (χ4v) is 2.94. The van der Waals surface area contributed by atoms with E-state index in [9.17, 15) is 13.6 Å². The molecule has 0 saturated heterocycles. The predicted molar refractivity (Wildman–Crippen MR) is 56.0 cm³/mol. The third-order valence-electron chi connectivity index (χ3n) is 2.67. The molecule has 1 N–H and O–H groups in total. The van der Waals surface area contributed by atoms with E-state index >= 15 is 0 Å². The van der Waals surface area contributed by atoms with Crippen molar-refractivity contribution in [1.82, 2.24) is 4.90 Å². The van der Waals surface area contributed by atoms with E-state index in [4.69, 9.17) is 5.11 Å². The first kappa shape index (κ1) is 11.5. The lowest BCUT2D eigenvalue weighted by atomic mass is 10.0. The number of carbonyl (C=O) groups is 1. The Morgan fingerprint density at radius 2 is 2.44 bits per heavy atom. The van der Waals surface area contributed by atoms with Gasteiger partial charge in [0.2, 0.25) is 0 Å². The Balaban J connectivity index is 2.27. The molecule has 16 heavy (non-hydrogen) atoms. The van der Waals surface area contributed by atoms with Crippen molar-refractivity contribution < 1.29 is 18.7 Å². The molecule has 2 rings (SSSR count). The first-order valence-corrected chi connectivity index (χ1v) is 5.79. The number of halogens is 2. The quantitative estimate of drug-likeness (QED) is 0.888. The second-order valence-corrected chi connectivity index (χ2v) is 4.68. The first-order valence-electron chi connectivity index (χ1n) is 4.91. The minimum Gasteiger partial charge on any atom is -0.480 e. The number of aliphatic carboxylic acids is 1. The number of nitrogens with zero attached hydrogens (tertiary/aromatic N) is 1. The maximum Gasteiger partial charge on any atom is 0.325 e. The Morgan fingerprint density at radius 1 is 1.69 bits per heavy atom. The van der Waals surface area contributed by atoms with Crippen LogP contribution in [0.25, 0.3) is 0 Å². The molecule has 1 aromatic rings. The molecule has 0 aromatic carbocycles.